The first-order chi connectivity index (χ1) is 8.79. The van der Waals surface area contributed by atoms with Gasteiger partial charge >= 0.3 is 0 Å². The normalized spacial score (nSPS) is 14.5. The Morgan fingerprint density at radius 3 is 2.67 bits per heavy atom. The van der Waals surface area contributed by atoms with Crippen molar-refractivity contribution in [3.63, 3.8) is 0 Å². The molecule has 0 unspecified atom stereocenters. The first kappa shape index (κ1) is 13.1. The molecule has 0 bridgehead atoms. The van der Waals surface area contributed by atoms with Gasteiger partial charge in [-0.2, -0.15) is 0 Å². The van der Waals surface area contributed by atoms with Gasteiger partial charge in [-0.05, 0) is 18.4 Å². The summed E-state index contributed by atoms with van der Waals surface area (Å²) in [5.74, 6) is 0.0554. The van der Waals surface area contributed by atoms with Gasteiger partial charge in [0.25, 0.3) is 0 Å². The molecule has 0 atom stereocenters. The average Bonchev–Trinajstić information content (AvgIpc) is 3.21. The predicted octanol–water partition coefficient (Wildman–Crippen LogP) is 0.759. The molecule has 1 saturated carbocycles. The lowest BCUT2D eigenvalue weighted by molar-refractivity contribution is -0.131. The second-order valence-corrected chi connectivity index (χ2v) is 4.68. The average molecular weight is 248 g/mol. The van der Waals surface area contributed by atoms with Crippen molar-refractivity contribution in [2.24, 2.45) is 0 Å². The van der Waals surface area contributed by atoms with E-state index in [1.165, 1.54) is 12.8 Å². The van der Waals surface area contributed by atoms with E-state index in [-0.39, 0.29) is 12.5 Å². The minimum atomic E-state index is 0.00199. The van der Waals surface area contributed by atoms with E-state index in [2.05, 4.69) is 5.32 Å². The zero-order valence-electron chi connectivity index (χ0n) is 10.5. The van der Waals surface area contributed by atoms with Gasteiger partial charge < -0.3 is 15.3 Å². The first-order valence-corrected chi connectivity index (χ1v) is 6.45. The number of nitrogens with one attached hydrogen (secondary N) is 1. The Morgan fingerprint density at radius 2 is 2.06 bits per heavy atom. The highest BCUT2D eigenvalue weighted by Crippen LogP contribution is 2.18. The van der Waals surface area contributed by atoms with Crippen molar-refractivity contribution in [2.45, 2.75) is 25.4 Å². The zero-order valence-corrected chi connectivity index (χ0v) is 10.5. The fraction of sp³-hybridized carbons (Fsp3) is 0.500. The molecule has 1 aromatic carbocycles. The van der Waals surface area contributed by atoms with Crippen LogP contribution < -0.4 is 5.32 Å². The summed E-state index contributed by atoms with van der Waals surface area (Å²) in [6.45, 7) is 1.33. The van der Waals surface area contributed by atoms with Crippen LogP contribution >= 0.6 is 0 Å². The van der Waals surface area contributed by atoms with Crippen LogP contribution in [0.25, 0.3) is 0 Å². The largest absolute Gasteiger partial charge is 0.395 e. The van der Waals surface area contributed by atoms with Gasteiger partial charge in [0.1, 0.15) is 0 Å². The van der Waals surface area contributed by atoms with Crippen molar-refractivity contribution in [1.29, 1.82) is 0 Å². The highest BCUT2D eigenvalue weighted by Gasteiger charge is 2.22. The van der Waals surface area contributed by atoms with E-state index in [9.17, 15) is 4.79 Å². The first-order valence-electron chi connectivity index (χ1n) is 6.45. The Kier molecular flexibility index (Phi) is 4.73. The van der Waals surface area contributed by atoms with Crippen molar-refractivity contribution in [2.75, 3.05) is 19.7 Å². The molecule has 1 aliphatic rings. The van der Waals surface area contributed by atoms with Crippen LogP contribution in [-0.2, 0) is 11.3 Å². The van der Waals surface area contributed by atoms with Crippen molar-refractivity contribution in [3.05, 3.63) is 35.9 Å². The Morgan fingerprint density at radius 1 is 1.33 bits per heavy atom. The SMILES string of the molecule is O=C(CNC1CC1)N(CCO)Cc1ccccc1. The summed E-state index contributed by atoms with van der Waals surface area (Å²) >= 11 is 0. The fourth-order valence-electron chi connectivity index (χ4n) is 1.85. The Hall–Kier alpha value is -1.39. The number of aliphatic hydroxyl groups excluding tert-OH is 1. The molecule has 1 aromatic rings. The van der Waals surface area contributed by atoms with Gasteiger partial charge in [0.15, 0.2) is 0 Å². The van der Waals surface area contributed by atoms with Gasteiger partial charge in [-0.3, -0.25) is 4.79 Å². The molecular formula is C14H20N2O2. The van der Waals surface area contributed by atoms with Crippen molar-refractivity contribution < 1.29 is 9.90 Å². The lowest BCUT2D eigenvalue weighted by Gasteiger charge is -2.22. The third-order valence-corrected chi connectivity index (χ3v) is 3.06. The quantitative estimate of drug-likeness (QED) is 0.749. The minimum Gasteiger partial charge on any atom is -0.395 e. The second-order valence-electron chi connectivity index (χ2n) is 4.68. The number of carbonyl (C=O) groups excluding carboxylic acids is 1. The highest BCUT2D eigenvalue weighted by atomic mass is 16.3. The molecule has 0 heterocycles. The molecule has 0 saturated heterocycles. The number of aliphatic hydroxyl groups is 1. The molecule has 0 aliphatic heterocycles. The van der Waals surface area contributed by atoms with Crippen LogP contribution in [0.4, 0.5) is 0 Å². The van der Waals surface area contributed by atoms with Crippen LogP contribution in [0, 0.1) is 0 Å². The molecule has 1 aliphatic carbocycles. The van der Waals surface area contributed by atoms with Crippen LogP contribution in [0.2, 0.25) is 0 Å². The second kappa shape index (κ2) is 6.52. The summed E-state index contributed by atoms with van der Waals surface area (Å²) < 4.78 is 0. The van der Waals surface area contributed by atoms with E-state index in [1.54, 1.807) is 4.90 Å². The third kappa shape index (κ3) is 4.13. The van der Waals surface area contributed by atoms with Gasteiger partial charge in [-0.15, -0.1) is 0 Å². The van der Waals surface area contributed by atoms with Crippen LogP contribution in [0.5, 0.6) is 0 Å². The molecule has 0 spiro atoms. The third-order valence-electron chi connectivity index (χ3n) is 3.06. The molecule has 98 valence electrons. The molecule has 0 aromatic heterocycles. The fourth-order valence-corrected chi connectivity index (χ4v) is 1.85. The van der Waals surface area contributed by atoms with E-state index < -0.39 is 0 Å². The number of hydrogen-bond acceptors (Lipinski definition) is 3. The van der Waals surface area contributed by atoms with E-state index >= 15 is 0 Å². The van der Waals surface area contributed by atoms with Gasteiger partial charge in [0, 0.05) is 19.1 Å². The van der Waals surface area contributed by atoms with Crippen molar-refractivity contribution in [1.82, 2.24) is 10.2 Å². The molecule has 4 nitrogen and oxygen atoms in total. The van der Waals surface area contributed by atoms with Crippen molar-refractivity contribution in [3.8, 4) is 0 Å². The lowest BCUT2D eigenvalue weighted by atomic mass is 10.2. The van der Waals surface area contributed by atoms with E-state index in [1.807, 2.05) is 30.3 Å². The maximum absolute atomic E-state index is 12.0. The van der Waals surface area contributed by atoms with Crippen LogP contribution in [0.3, 0.4) is 0 Å². The molecular weight excluding hydrogens is 228 g/mol. The summed E-state index contributed by atoms with van der Waals surface area (Å²) in [6.07, 6.45) is 2.35. The van der Waals surface area contributed by atoms with Gasteiger partial charge in [0.05, 0.1) is 13.2 Å². The number of benzene rings is 1. The minimum absolute atomic E-state index is 0.00199. The topological polar surface area (TPSA) is 52.6 Å². The van der Waals surface area contributed by atoms with Crippen molar-refractivity contribution >= 4 is 5.91 Å². The predicted molar refractivity (Wildman–Crippen MR) is 70.0 cm³/mol. The molecule has 2 rings (SSSR count). The maximum atomic E-state index is 12.0. The number of rotatable bonds is 7. The Balaban J connectivity index is 1.87. The van der Waals surface area contributed by atoms with Crippen LogP contribution in [0.15, 0.2) is 30.3 Å². The monoisotopic (exact) mass is 248 g/mol. The van der Waals surface area contributed by atoms with Crippen LogP contribution in [0.1, 0.15) is 18.4 Å². The zero-order chi connectivity index (χ0) is 12.8. The smallest absolute Gasteiger partial charge is 0.236 e. The van der Waals surface area contributed by atoms with Gasteiger partial charge in [-0.1, -0.05) is 30.3 Å². The summed E-state index contributed by atoms with van der Waals surface area (Å²) in [5.41, 5.74) is 1.09. The standard InChI is InChI=1S/C14H20N2O2/c17-9-8-16(11-12-4-2-1-3-5-12)14(18)10-15-13-6-7-13/h1-5,13,15,17H,6-11H2. The summed E-state index contributed by atoms with van der Waals surface area (Å²) in [7, 11) is 0. The Bertz CT molecular complexity index is 377. The molecule has 1 fully saturated rings. The molecule has 1 amide bonds. The number of amides is 1. The van der Waals surface area contributed by atoms with E-state index in [0.29, 0.717) is 25.7 Å². The number of carbonyl (C=O) groups is 1. The summed E-state index contributed by atoms with van der Waals surface area (Å²) in [4.78, 5) is 13.7. The molecule has 18 heavy (non-hydrogen) atoms. The lowest BCUT2D eigenvalue weighted by Crippen LogP contribution is -2.39. The van der Waals surface area contributed by atoms with E-state index in [0.717, 1.165) is 5.56 Å². The molecule has 0 radical (unpaired) electrons. The van der Waals surface area contributed by atoms with Gasteiger partial charge in [-0.25, -0.2) is 0 Å². The van der Waals surface area contributed by atoms with Gasteiger partial charge in [0.2, 0.25) is 5.91 Å². The summed E-state index contributed by atoms with van der Waals surface area (Å²) in [6, 6.07) is 10.4. The number of nitrogens with zero attached hydrogens (tertiary/aromatic N) is 1. The molecule has 2 N–H and O–H groups in total. The summed E-state index contributed by atoms with van der Waals surface area (Å²) in [5, 5.41) is 12.2. The highest BCUT2D eigenvalue weighted by molar-refractivity contribution is 5.78. The molecule has 4 heteroatoms. The van der Waals surface area contributed by atoms with Crippen LogP contribution in [-0.4, -0.2) is 41.7 Å². The number of hydrogen-bond donors (Lipinski definition) is 2. The Labute approximate surface area is 108 Å². The van der Waals surface area contributed by atoms with E-state index in [4.69, 9.17) is 5.11 Å². The maximum Gasteiger partial charge on any atom is 0.236 e.